The van der Waals surface area contributed by atoms with Gasteiger partial charge in [0.1, 0.15) is 13.2 Å². The van der Waals surface area contributed by atoms with Crippen molar-refractivity contribution in [3.05, 3.63) is 59.7 Å². The number of nitrogens with zero attached hydrogens (tertiary/aromatic N) is 1. The van der Waals surface area contributed by atoms with Crippen LogP contribution in [0.2, 0.25) is 0 Å². The lowest BCUT2D eigenvalue weighted by molar-refractivity contribution is -0.133. The summed E-state index contributed by atoms with van der Waals surface area (Å²) in [5, 5.41) is 0. The van der Waals surface area contributed by atoms with E-state index in [1.807, 2.05) is 60.4 Å². The van der Waals surface area contributed by atoms with Gasteiger partial charge in [-0.05, 0) is 36.6 Å². The standard InChI is InChI=1S/C21H25NO3/c1-3-18(17-8-6-5-7-9-17)21(23)22(4-2)15-16-10-11-19-20(14-16)25-13-12-24-19/h5-11,14,18H,3-4,12-13,15H2,1-2H3/t18-/m1/s1. The maximum absolute atomic E-state index is 13.1. The second-order valence-electron chi connectivity index (χ2n) is 6.20. The van der Waals surface area contributed by atoms with Gasteiger partial charge in [0.2, 0.25) is 5.91 Å². The average Bonchev–Trinajstić information content (AvgIpc) is 2.67. The third-order valence-electron chi connectivity index (χ3n) is 4.58. The number of benzene rings is 2. The average molecular weight is 339 g/mol. The molecule has 0 fully saturated rings. The highest BCUT2D eigenvalue weighted by atomic mass is 16.6. The normalized spacial score (nSPS) is 14.0. The van der Waals surface area contributed by atoms with Crippen molar-refractivity contribution in [3.63, 3.8) is 0 Å². The molecule has 0 aromatic heterocycles. The van der Waals surface area contributed by atoms with Crippen LogP contribution >= 0.6 is 0 Å². The van der Waals surface area contributed by atoms with Crippen LogP contribution in [0, 0.1) is 0 Å². The van der Waals surface area contributed by atoms with Gasteiger partial charge in [-0.3, -0.25) is 4.79 Å². The van der Waals surface area contributed by atoms with E-state index in [0.717, 1.165) is 29.0 Å². The van der Waals surface area contributed by atoms with Crippen molar-refractivity contribution in [2.24, 2.45) is 0 Å². The Balaban J connectivity index is 1.76. The molecule has 0 spiro atoms. The van der Waals surface area contributed by atoms with Gasteiger partial charge >= 0.3 is 0 Å². The number of fused-ring (bicyclic) bond motifs is 1. The first-order chi connectivity index (χ1) is 12.2. The molecule has 1 atom stereocenters. The van der Waals surface area contributed by atoms with E-state index in [-0.39, 0.29) is 11.8 Å². The van der Waals surface area contributed by atoms with Crippen LogP contribution < -0.4 is 9.47 Å². The van der Waals surface area contributed by atoms with Gasteiger partial charge < -0.3 is 14.4 Å². The summed E-state index contributed by atoms with van der Waals surface area (Å²) >= 11 is 0. The molecule has 0 N–H and O–H groups in total. The van der Waals surface area contributed by atoms with Crippen LogP contribution in [0.4, 0.5) is 0 Å². The number of ether oxygens (including phenoxy) is 2. The molecule has 1 heterocycles. The Morgan fingerprint density at radius 1 is 1.04 bits per heavy atom. The van der Waals surface area contributed by atoms with E-state index in [2.05, 4.69) is 6.92 Å². The summed E-state index contributed by atoms with van der Waals surface area (Å²) in [5.74, 6) is 1.62. The van der Waals surface area contributed by atoms with Crippen LogP contribution in [-0.2, 0) is 11.3 Å². The molecule has 0 saturated heterocycles. The molecule has 132 valence electrons. The van der Waals surface area contributed by atoms with E-state index >= 15 is 0 Å². The quantitative estimate of drug-likeness (QED) is 0.798. The third-order valence-corrected chi connectivity index (χ3v) is 4.58. The maximum atomic E-state index is 13.1. The SMILES string of the molecule is CC[C@@H](C(=O)N(CC)Cc1ccc2c(c1)OCCO2)c1ccccc1. The highest BCUT2D eigenvalue weighted by Gasteiger charge is 2.24. The molecular weight excluding hydrogens is 314 g/mol. The Morgan fingerprint density at radius 2 is 1.76 bits per heavy atom. The second-order valence-corrected chi connectivity index (χ2v) is 6.20. The summed E-state index contributed by atoms with van der Waals surface area (Å²) in [6.45, 7) is 6.49. The van der Waals surface area contributed by atoms with E-state index in [4.69, 9.17) is 9.47 Å². The molecule has 1 aliphatic heterocycles. The molecule has 0 aliphatic carbocycles. The maximum Gasteiger partial charge on any atom is 0.230 e. The largest absolute Gasteiger partial charge is 0.486 e. The van der Waals surface area contributed by atoms with E-state index in [0.29, 0.717) is 26.3 Å². The van der Waals surface area contributed by atoms with Gasteiger partial charge in [-0.25, -0.2) is 0 Å². The Labute approximate surface area is 149 Å². The van der Waals surface area contributed by atoms with Crippen molar-refractivity contribution in [1.29, 1.82) is 0 Å². The van der Waals surface area contributed by atoms with Gasteiger partial charge in [0.15, 0.2) is 11.5 Å². The number of carbonyl (C=O) groups excluding carboxylic acids is 1. The Bertz CT molecular complexity index is 714. The second kappa shape index (κ2) is 8.06. The smallest absolute Gasteiger partial charge is 0.230 e. The monoisotopic (exact) mass is 339 g/mol. The molecule has 3 rings (SSSR count). The summed E-state index contributed by atoms with van der Waals surface area (Å²) in [5.41, 5.74) is 2.14. The van der Waals surface area contributed by atoms with E-state index in [1.54, 1.807) is 0 Å². The van der Waals surface area contributed by atoms with Crippen LogP contribution in [0.25, 0.3) is 0 Å². The minimum atomic E-state index is -0.0987. The third kappa shape index (κ3) is 3.95. The first-order valence-electron chi connectivity index (χ1n) is 8.95. The number of likely N-dealkylation sites (N-methyl/N-ethyl adjacent to an activating group) is 1. The molecule has 0 bridgehead atoms. The van der Waals surface area contributed by atoms with Gasteiger partial charge in [-0.15, -0.1) is 0 Å². The fourth-order valence-corrected chi connectivity index (χ4v) is 3.21. The predicted octanol–water partition coefficient (Wildman–Crippen LogP) is 4.00. The summed E-state index contributed by atoms with van der Waals surface area (Å²) in [6.07, 6.45) is 0.792. The molecule has 2 aromatic carbocycles. The molecule has 4 nitrogen and oxygen atoms in total. The van der Waals surface area contributed by atoms with Crippen molar-refractivity contribution in [1.82, 2.24) is 4.90 Å². The molecule has 0 radical (unpaired) electrons. The van der Waals surface area contributed by atoms with Crippen LogP contribution in [-0.4, -0.2) is 30.6 Å². The van der Waals surface area contributed by atoms with Crippen molar-refractivity contribution >= 4 is 5.91 Å². The number of hydrogen-bond donors (Lipinski definition) is 0. The van der Waals surface area contributed by atoms with Gasteiger partial charge in [0.25, 0.3) is 0 Å². The van der Waals surface area contributed by atoms with Gasteiger partial charge in [-0.2, -0.15) is 0 Å². The Hall–Kier alpha value is -2.49. The topological polar surface area (TPSA) is 38.8 Å². The zero-order chi connectivity index (χ0) is 17.6. The fraction of sp³-hybridized carbons (Fsp3) is 0.381. The lowest BCUT2D eigenvalue weighted by atomic mass is 9.95. The van der Waals surface area contributed by atoms with Crippen LogP contribution in [0.1, 0.15) is 37.3 Å². The van der Waals surface area contributed by atoms with Crippen LogP contribution in [0.5, 0.6) is 11.5 Å². The van der Waals surface area contributed by atoms with Gasteiger partial charge in [-0.1, -0.05) is 43.3 Å². The number of hydrogen-bond acceptors (Lipinski definition) is 3. The highest BCUT2D eigenvalue weighted by Crippen LogP contribution is 2.31. The van der Waals surface area contributed by atoms with E-state index in [9.17, 15) is 4.79 Å². The predicted molar refractivity (Wildman–Crippen MR) is 98.0 cm³/mol. The molecule has 0 saturated carbocycles. The fourth-order valence-electron chi connectivity index (χ4n) is 3.21. The van der Waals surface area contributed by atoms with Gasteiger partial charge in [0, 0.05) is 13.1 Å². The summed E-state index contributed by atoms with van der Waals surface area (Å²) in [4.78, 5) is 15.0. The molecule has 1 aliphatic rings. The summed E-state index contributed by atoms with van der Waals surface area (Å²) in [7, 11) is 0. The van der Waals surface area contributed by atoms with Crippen molar-refractivity contribution in [2.45, 2.75) is 32.7 Å². The minimum Gasteiger partial charge on any atom is -0.486 e. The van der Waals surface area contributed by atoms with Crippen molar-refractivity contribution in [2.75, 3.05) is 19.8 Å². The zero-order valence-electron chi connectivity index (χ0n) is 14.9. The number of rotatable bonds is 6. The number of amides is 1. The minimum absolute atomic E-state index is 0.0987. The van der Waals surface area contributed by atoms with Crippen LogP contribution in [0.3, 0.4) is 0 Å². The Kier molecular flexibility index (Phi) is 5.59. The highest BCUT2D eigenvalue weighted by molar-refractivity contribution is 5.83. The van der Waals surface area contributed by atoms with Crippen LogP contribution in [0.15, 0.2) is 48.5 Å². The van der Waals surface area contributed by atoms with E-state index < -0.39 is 0 Å². The first-order valence-corrected chi connectivity index (χ1v) is 8.95. The molecule has 1 amide bonds. The molecule has 4 heteroatoms. The zero-order valence-corrected chi connectivity index (χ0v) is 14.9. The lowest BCUT2D eigenvalue weighted by Gasteiger charge is -2.27. The molecule has 0 unspecified atom stereocenters. The lowest BCUT2D eigenvalue weighted by Crippen LogP contribution is -2.34. The molecular formula is C21H25NO3. The summed E-state index contributed by atoms with van der Waals surface area (Å²) in [6, 6.07) is 15.9. The molecule has 25 heavy (non-hydrogen) atoms. The van der Waals surface area contributed by atoms with Crippen molar-refractivity contribution in [3.8, 4) is 11.5 Å². The Morgan fingerprint density at radius 3 is 2.44 bits per heavy atom. The first kappa shape index (κ1) is 17.3. The van der Waals surface area contributed by atoms with Gasteiger partial charge in [0.05, 0.1) is 5.92 Å². The number of carbonyl (C=O) groups is 1. The molecule has 2 aromatic rings. The van der Waals surface area contributed by atoms with Crippen molar-refractivity contribution < 1.29 is 14.3 Å². The van der Waals surface area contributed by atoms with E-state index in [1.165, 1.54) is 0 Å². The summed E-state index contributed by atoms with van der Waals surface area (Å²) < 4.78 is 11.2.